The minimum absolute atomic E-state index is 0.729. The molecule has 0 heterocycles. The Balaban J connectivity index is 5.76. The van der Waals surface area contributed by atoms with E-state index < -0.39 is 92.2 Å². The van der Waals surface area contributed by atoms with E-state index >= 15 is 0 Å². The average Bonchev–Trinajstić information content (AvgIpc) is 2.78. The molecule has 0 radical (unpaired) electrons. The monoisotopic (exact) mass is 692 g/mol. The summed E-state index contributed by atoms with van der Waals surface area (Å²) in [4.78, 5) is 11.5. The number of ether oxygens (including phenoxy) is 5. The summed E-state index contributed by atoms with van der Waals surface area (Å²) in [5.74, 6) is -16.4. The first kappa shape index (κ1) is 40.6. The zero-order valence-corrected chi connectivity index (χ0v) is 19.9. The molecule has 0 saturated heterocycles. The smallest absolute Gasteiger partial charge is 0.454 e. The van der Waals surface area contributed by atoms with Gasteiger partial charge in [0.05, 0.1) is 13.2 Å². The van der Waals surface area contributed by atoms with E-state index in [2.05, 4.69) is 30.3 Å². The van der Waals surface area contributed by atoms with Gasteiger partial charge < -0.3 is 14.2 Å². The highest BCUT2D eigenvalue weighted by Gasteiger charge is 2.77. The Morgan fingerprint density at radius 2 is 0.884 bits per heavy atom. The van der Waals surface area contributed by atoms with Gasteiger partial charge in [-0.2, -0.15) is 79.0 Å². The van der Waals surface area contributed by atoms with Crippen LogP contribution >= 0.6 is 0 Å². The van der Waals surface area contributed by atoms with Gasteiger partial charge >= 0.3 is 54.6 Å². The Bertz CT molecular complexity index is 899. The number of hydrogen-bond donors (Lipinski definition) is 0. The molecule has 0 aromatic heterocycles. The average molecular weight is 692 g/mol. The highest BCUT2D eigenvalue weighted by atomic mass is 19.4. The molecule has 0 aromatic rings. The number of hydrogen-bond acceptors (Lipinski definition) is 6. The van der Waals surface area contributed by atoms with Crippen LogP contribution < -0.4 is 0 Å². The van der Waals surface area contributed by atoms with Gasteiger partial charge in [0.25, 0.3) is 12.7 Å². The van der Waals surface area contributed by atoms with Crippen molar-refractivity contribution in [2.75, 3.05) is 13.2 Å². The Hall–Kier alpha value is -2.35. The number of carbonyl (C=O) groups is 1. The van der Waals surface area contributed by atoms with E-state index in [4.69, 9.17) is 0 Å². The summed E-state index contributed by atoms with van der Waals surface area (Å²) in [5.41, 5.74) is -0.773. The largest absolute Gasteiger partial charge is 0.462 e. The van der Waals surface area contributed by atoms with Crippen molar-refractivity contribution in [2.45, 2.75) is 74.4 Å². The van der Waals surface area contributed by atoms with Crippen molar-refractivity contribution in [1.29, 1.82) is 0 Å². The van der Waals surface area contributed by atoms with E-state index in [1.807, 2.05) is 0 Å². The molecular weight excluding hydrogens is 680 g/mol. The van der Waals surface area contributed by atoms with Crippen LogP contribution in [0, 0.1) is 0 Å². The first-order chi connectivity index (χ1) is 18.7. The maximum Gasteiger partial charge on any atom is 0.462 e. The van der Waals surface area contributed by atoms with Gasteiger partial charge in [-0.15, -0.1) is 0 Å². The number of rotatable bonds is 16. The third-order valence-electron chi connectivity index (χ3n) is 4.02. The number of esters is 1. The lowest BCUT2D eigenvalue weighted by atomic mass is 10.3. The van der Waals surface area contributed by atoms with Gasteiger partial charge in [0.2, 0.25) is 0 Å². The van der Waals surface area contributed by atoms with Gasteiger partial charge in [-0.1, -0.05) is 6.58 Å². The summed E-state index contributed by atoms with van der Waals surface area (Å²) in [6, 6.07) is 0. The molecule has 6 nitrogen and oxygen atoms in total. The van der Waals surface area contributed by atoms with Crippen molar-refractivity contribution in [3.63, 3.8) is 0 Å². The third-order valence-corrected chi connectivity index (χ3v) is 4.02. The molecule has 0 rings (SSSR count). The Morgan fingerprint density at radius 3 is 1.12 bits per heavy atom. The third kappa shape index (κ3) is 9.82. The molecule has 0 amide bonds. The van der Waals surface area contributed by atoms with Crippen LogP contribution in [0.4, 0.5) is 87.8 Å². The highest BCUT2D eigenvalue weighted by Crippen LogP contribution is 2.49. The predicted molar refractivity (Wildman–Crippen MR) is 90.4 cm³/mol. The number of alkyl halides is 20. The fraction of sp³-hybridized carbons (Fsp3) is 0.824. The van der Waals surface area contributed by atoms with E-state index in [-0.39, 0.29) is 0 Å². The summed E-state index contributed by atoms with van der Waals surface area (Å²) >= 11 is 0. The zero-order chi connectivity index (χ0) is 34.8. The Labute approximate surface area is 223 Å². The molecule has 0 spiro atoms. The quantitative estimate of drug-likeness (QED) is 0.0998. The van der Waals surface area contributed by atoms with Crippen LogP contribution in [-0.2, 0) is 28.5 Å². The SMILES string of the molecule is C=C(C)C(=O)OC(COC(F)(F)C(F)OC(F)(F)C(F)(F)C(F)(F)F)COC(F)(F)C(F)OC(F)(F)C(F)(F)C(F)(F)F. The van der Waals surface area contributed by atoms with Crippen molar-refractivity contribution in [2.24, 2.45) is 0 Å². The molecule has 256 valence electrons. The molecule has 26 heteroatoms. The van der Waals surface area contributed by atoms with Gasteiger partial charge in [-0.3, -0.25) is 9.47 Å². The van der Waals surface area contributed by atoms with Gasteiger partial charge in [0.15, 0.2) is 0 Å². The van der Waals surface area contributed by atoms with Crippen molar-refractivity contribution < 1.29 is 116 Å². The van der Waals surface area contributed by atoms with E-state index in [1.54, 1.807) is 0 Å². The highest BCUT2D eigenvalue weighted by molar-refractivity contribution is 5.87. The van der Waals surface area contributed by atoms with Crippen LogP contribution in [0.5, 0.6) is 0 Å². The minimum Gasteiger partial charge on any atom is -0.454 e. The normalized spacial score (nSPS) is 17.0. The summed E-state index contributed by atoms with van der Waals surface area (Å²) in [7, 11) is 0. The zero-order valence-electron chi connectivity index (χ0n) is 19.9. The molecule has 0 bridgehead atoms. The van der Waals surface area contributed by atoms with Crippen molar-refractivity contribution >= 4 is 5.97 Å². The Kier molecular flexibility index (Phi) is 12.2. The van der Waals surface area contributed by atoms with Gasteiger partial charge in [0, 0.05) is 5.57 Å². The van der Waals surface area contributed by atoms with Gasteiger partial charge in [-0.25, -0.2) is 13.6 Å². The van der Waals surface area contributed by atoms with E-state index in [0.29, 0.717) is 0 Å². The molecule has 0 aromatic carbocycles. The molecule has 0 aliphatic heterocycles. The van der Waals surface area contributed by atoms with Crippen LogP contribution in [0.1, 0.15) is 6.92 Å². The van der Waals surface area contributed by atoms with Crippen molar-refractivity contribution in [1.82, 2.24) is 0 Å². The maximum atomic E-state index is 13.6. The first-order valence-corrected chi connectivity index (χ1v) is 9.84. The lowest BCUT2D eigenvalue weighted by Gasteiger charge is -2.31. The van der Waals surface area contributed by atoms with Gasteiger partial charge in [-0.05, 0) is 6.92 Å². The molecule has 0 saturated carbocycles. The molecule has 43 heavy (non-hydrogen) atoms. The summed E-state index contributed by atoms with van der Waals surface area (Å²) in [5, 5.41) is 0. The topological polar surface area (TPSA) is 63.2 Å². The fourth-order valence-corrected chi connectivity index (χ4v) is 1.78. The second-order valence-corrected chi connectivity index (χ2v) is 7.60. The van der Waals surface area contributed by atoms with Crippen LogP contribution in [0.2, 0.25) is 0 Å². The van der Waals surface area contributed by atoms with Crippen LogP contribution in [0.25, 0.3) is 0 Å². The molecule has 0 N–H and O–H groups in total. The second-order valence-electron chi connectivity index (χ2n) is 7.60. The van der Waals surface area contributed by atoms with Gasteiger partial charge in [0.1, 0.15) is 6.10 Å². The predicted octanol–water partition coefficient (Wildman–Crippen LogP) is 6.90. The van der Waals surface area contributed by atoms with Crippen LogP contribution in [0.15, 0.2) is 12.2 Å². The molecular formula is C17H12F20O6. The lowest BCUT2D eigenvalue weighted by Crippen LogP contribution is -2.56. The summed E-state index contributed by atoms with van der Waals surface area (Å²) < 4.78 is 271. The molecule has 0 aliphatic rings. The second kappa shape index (κ2) is 12.9. The Morgan fingerprint density at radius 1 is 0.605 bits per heavy atom. The van der Waals surface area contributed by atoms with Crippen LogP contribution in [0.3, 0.4) is 0 Å². The minimum atomic E-state index is -7.30. The van der Waals surface area contributed by atoms with Crippen LogP contribution in [-0.4, -0.2) is 86.6 Å². The fourth-order valence-electron chi connectivity index (χ4n) is 1.78. The van der Waals surface area contributed by atoms with E-state index in [9.17, 15) is 92.6 Å². The maximum absolute atomic E-state index is 13.6. The van der Waals surface area contributed by atoms with E-state index in [1.165, 1.54) is 0 Å². The number of carbonyl (C=O) groups excluding carboxylic acids is 1. The molecule has 2 atom stereocenters. The van der Waals surface area contributed by atoms with E-state index in [0.717, 1.165) is 6.92 Å². The van der Waals surface area contributed by atoms with Crippen molar-refractivity contribution in [3.8, 4) is 0 Å². The summed E-state index contributed by atoms with van der Waals surface area (Å²) in [6.45, 7) is -1.16. The standard InChI is InChI=1S/C17H12F20O6/c1-5(2)7(38)41-6(3-39-10(20,21)8(18)42-16(34,35)12(24,25)14(28,29)30)4-40-11(22,23)9(19)43-17(36,37)13(26,27)15(31,32)33/h6,8-9H,1,3-4H2,2H3. The molecule has 0 aliphatic carbocycles. The molecule has 0 fully saturated rings. The molecule has 2 unspecified atom stereocenters. The lowest BCUT2D eigenvalue weighted by molar-refractivity contribution is -0.467. The summed E-state index contributed by atoms with van der Waals surface area (Å²) in [6.07, 6.45) is -54.1. The number of halogens is 20. The van der Waals surface area contributed by atoms with Crippen molar-refractivity contribution in [3.05, 3.63) is 12.2 Å². The first-order valence-electron chi connectivity index (χ1n) is 9.84.